The zero-order valence-electron chi connectivity index (χ0n) is 35.8. The summed E-state index contributed by atoms with van der Waals surface area (Å²) < 4.78 is 0. The van der Waals surface area contributed by atoms with E-state index in [1.54, 1.807) is 0 Å². The van der Waals surface area contributed by atoms with E-state index in [-0.39, 0.29) is 59.4 Å². The van der Waals surface area contributed by atoms with E-state index in [0.29, 0.717) is 65.0 Å². The normalized spacial score (nSPS) is 20.4. The van der Waals surface area contributed by atoms with Crippen molar-refractivity contribution in [3.63, 3.8) is 0 Å². The third-order valence-electron chi connectivity index (χ3n) is 12.8. The van der Waals surface area contributed by atoms with E-state index < -0.39 is 0 Å². The van der Waals surface area contributed by atoms with Crippen LogP contribution >= 0.6 is 12.4 Å². The van der Waals surface area contributed by atoms with Gasteiger partial charge in [-0.2, -0.15) is 0 Å². The molecule has 61 heavy (non-hydrogen) atoms. The fourth-order valence-electron chi connectivity index (χ4n) is 9.52. The number of piperidine rings is 2. The summed E-state index contributed by atoms with van der Waals surface area (Å²) in [4.78, 5) is 59.7. The molecule has 4 aliphatic heterocycles. The Morgan fingerprint density at radius 1 is 0.508 bits per heavy atom. The highest BCUT2D eigenvalue weighted by atomic mass is 35.5. The molecule has 0 radical (unpaired) electrons. The van der Waals surface area contributed by atoms with Gasteiger partial charge < -0.3 is 19.6 Å². The van der Waals surface area contributed by atoms with Crippen LogP contribution < -0.4 is 10.6 Å². The van der Waals surface area contributed by atoms with Gasteiger partial charge in [0.15, 0.2) is 0 Å². The number of halogens is 1. The molecule has 4 fully saturated rings. The summed E-state index contributed by atoms with van der Waals surface area (Å²) in [6.07, 6.45) is 7.40. The summed E-state index contributed by atoms with van der Waals surface area (Å²) in [5.41, 5.74) is 3.84. The summed E-state index contributed by atoms with van der Waals surface area (Å²) in [6, 6.07) is 40.3. The number of carbonyl (C=O) groups is 4. The second kappa shape index (κ2) is 21.2. The summed E-state index contributed by atoms with van der Waals surface area (Å²) in [5, 5.41) is 7.41. The van der Waals surface area contributed by atoms with Gasteiger partial charge in [0.1, 0.15) is 0 Å². The minimum Gasteiger partial charge on any atom is -0.342 e. The van der Waals surface area contributed by atoms with Gasteiger partial charge >= 0.3 is 0 Å². The topological polar surface area (TPSA) is 105 Å². The molecule has 4 aromatic carbocycles. The lowest BCUT2D eigenvalue weighted by atomic mass is 9.95. The van der Waals surface area contributed by atoms with Crippen LogP contribution in [-0.4, -0.2) is 92.8 Å². The smallest absolute Gasteiger partial charge is 0.241 e. The highest BCUT2D eigenvalue weighted by Gasteiger charge is 2.53. The molecule has 324 valence electrons. The molecule has 4 heterocycles. The number of rotatable bonds is 12. The Morgan fingerprint density at radius 3 is 1.10 bits per heavy atom. The first-order chi connectivity index (χ1) is 29.2. The number of carbonyl (C=O) groups excluding carboxylic acids is 4. The number of nitrogens with zero attached hydrogens (tertiary/aromatic N) is 4. The Balaban J connectivity index is 0.000000201. The maximum atomic E-state index is 13.5. The van der Waals surface area contributed by atoms with Gasteiger partial charge in [-0.15, -0.1) is 12.4 Å². The van der Waals surface area contributed by atoms with Gasteiger partial charge in [-0.05, 0) is 47.9 Å². The van der Waals surface area contributed by atoms with E-state index >= 15 is 0 Å². The predicted molar refractivity (Wildman–Crippen MR) is 242 cm³/mol. The van der Waals surface area contributed by atoms with Crippen molar-refractivity contribution < 1.29 is 19.2 Å². The van der Waals surface area contributed by atoms with Crippen molar-refractivity contribution in [1.82, 2.24) is 30.2 Å². The van der Waals surface area contributed by atoms with Gasteiger partial charge in [0.2, 0.25) is 23.6 Å². The van der Waals surface area contributed by atoms with Crippen LogP contribution in [0.25, 0.3) is 0 Å². The second-order valence-corrected chi connectivity index (χ2v) is 16.9. The molecule has 4 saturated heterocycles. The number of likely N-dealkylation sites (tertiary alicyclic amines) is 2. The van der Waals surface area contributed by atoms with Crippen LogP contribution in [-0.2, 0) is 45.1 Å². The molecule has 4 amide bonds. The summed E-state index contributed by atoms with van der Waals surface area (Å²) in [7, 11) is 0. The summed E-state index contributed by atoms with van der Waals surface area (Å²) in [5.74, 6) is 0.784. The molecule has 0 saturated carbocycles. The number of nitrogens with one attached hydrogen (secondary N) is 2. The third kappa shape index (κ3) is 10.9. The van der Waals surface area contributed by atoms with E-state index in [1.807, 2.05) is 106 Å². The molecular weight excluding hydrogens is 784 g/mol. The first-order valence-corrected chi connectivity index (χ1v) is 22.1. The Kier molecular flexibility index (Phi) is 15.8. The molecule has 8 rings (SSSR count). The van der Waals surface area contributed by atoms with E-state index in [1.165, 1.54) is 0 Å². The summed E-state index contributed by atoms with van der Waals surface area (Å²) >= 11 is 0. The van der Waals surface area contributed by atoms with Gasteiger partial charge in [0.05, 0.1) is 23.4 Å². The Labute approximate surface area is 368 Å². The first kappa shape index (κ1) is 45.5. The van der Waals surface area contributed by atoms with Crippen LogP contribution in [0.3, 0.4) is 0 Å². The lowest BCUT2D eigenvalue weighted by Crippen LogP contribution is -2.59. The number of amides is 4. The molecule has 2 N–H and O–H groups in total. The molecule has 0 aliphatic carbocycles. The molecular formula is C50H63ClN6O4. The molecule has 10 nitrogen and oxygen atoms in total. The number of hydrogen-bond donors (Lipinski definition) is 2. The quantitative estimate of drug-likeness (QED) is 0.158. The second-order valence-electron chi connectivity index (χ2n) is 16.9. The van der Waals surface area contributed by atoms with Crippen molar-refractivity contribution in [2.24, 2.45) is 0 Å². The van der Waals surface area contributed by atoms with E-state index in [4.69, 9.17) is 0 Å². The largest absolute Gasteiger partial charge is 0.342 e. The zero-order chi connectivity index (χ0) is 42.0. The maximum Gasteiger partial charge on any atom is 0.241 e. The van der Waals surface area contributed by atoms with Crippen LogP contribution in [0.5, 0.6) is 0 Å². The van der Waals surface area contributed by atoms with Crippen molar-refractivity contribution in [2.75, 3.05) is 26.2 Å². The van der Waals surface area contributed by atoms with Crippen molar-refractivity contribution in [1.29, 1.82) is 0 Å². The van der Waals surface area contributed by atoms with E-state index in [2.05, 4.69) is 59.2 Å². The third-order valence-corrected chi connectivity index (χ3v) is 12.8. The highest BCUT2D eigenvalue weighted by molar-refractivity contribution is 5.86. The van der Waals surface area contributed by atoms with Gasteiger partial charge in [-0.25, -0.2) is 0 Å². The molecule has 0 aromatic heterocycles. The van der Waals surface area contributed by atoms with E-state index in [0.717, 1.165) is 60.8 Å². The molecule has 0 unspecified atom stereocenters. The van der Waals surface area contributed by atoms with Crippen LogP contribution in [0.1, 0.15) is 87.5 Å². The lowest BCUT2D eigenvalue weighted by molar-refractivity contribution is -0.139. The molecule has 2 spiro atoms. The average molecular weight is 848 g/mol. The molecule has 2 atom stereocenters. The summed E-state index contributed by atoms with van der Waals surface area (Å²) in [6.45, 7) is 8.06. The van der Waals surface area contributed by atoms with Crippen molar-refractivity contribution >= 4 is 36.0 Å². The standard InChI is InChI=1S/2C25H31N3O2.ClH/c2*1-2-9-23(29)27-16-14-25(15-17-27)26-22(18-20-10-5-3-6-11-20)24(30)28(25)19-21-12-7-4-8-13-21;/h2*3-8,10-13,22,26H,2,9,14-19H2,1H3;1H/t2*22-;/m00./s1. The van der Waals surface area contributed by atoms with Gasteiger partial charge in [0.25, 0.3) is 0 Å². The van der Waals surface area contributed by atoms with Crippen LogP contribution in [0.2, 0.25) is 0 Å². The number of benzene rings is 4. The van der Waals surface area contributed by atoms with Crippen LogP contribution in [0.15, 0.2) is 121 Å². The predicted octanol–water partition coefficient (Wildman–Crippen LogP) is 7.12. The Bertz CT molecular complexity index is 1880. The van der Waals surface area contributed by atoms with Gasteiger partial charge in [-0.1, -0.05) is 135 Å². The van der Waals surface area contributed by atoms with Crippen molar-refractivity contribution in [2.45, 2.75) is 115 Å². The Hall–Kier alpha value is -5.03. The minimum atomic E-state index is -0.380. The van der Waals surface area contributed by atoms with Crippen molar-refractivity contribution in [3.8, 4) is 0 Å². The maximum absolute atomic E-state index is 13.5. The number of hydrogen-bond acceptors (Lipinski definition) is 6. The highest BCUT2D eigenvalue weighted by Crippen LogP contribution is 2.36. The fraction of sp³-hybridized carbons (Fsp3) is 0.440. The first-order valence-electron chi connectivity index (χ1n) is 22.1. The van der Waals surface area contributed by atoms with Gasteiger partial charge in [0, 0.05) is 77.8 Å². The van der Waals surface area contributed by atoms with Crippen LogP contribution in [0.4, 0.5) is 0 Å². The zero-order valence-corrected chi connectivity index (χ0v) is 36.7. The fourth-order valence-corrected chi connectivity index (χ4v) is 9.52. The van der Waals surface area contributed by atoms with Gasteiger partial charge in [-0.3, -0.25) is 29.8 Å². The Morgan fingerprint density at radius 2 is 0.803 bits per heavy atom. The average Bonchev–Trinajstić information content (AvgIpc) is 3.66. The molecule has 4 aliphatic rings. The molecule has 0 bridgehead atoms. The lowest BCUT2D eigenvalue weighted by Gasteiger charge is -2.44. The minimum absolute atomic E-state index is 0. The SMILES string of the molecule is CCCC(=O)N1CCC2(CC1)N[C@@H](Cc1ccccc1)C(=O)N2Cc1ccccc1.CCCC(=O)N1CCC2(CC1)N[C@@H](Cc1ccccc1)C(=O)N2Cc1ccccc1.Cl. The van der Waals surface area contributed by atoms with E-state index in [9.17, 15) is 19.2 Å². The van der Waals surface area contributed by atoms with Crippen LogP contribution in [0, 0.1) is 0 Å². The van der Waals surface area contributed by atoms with Crippen molar-refractivity contribution in [3.05, 3.63) is 144 Å². The molecule has 11 heteroatoms. The molecule has 4 aromatic rings. The monoisotopic (exact) mass is 846 g/mol.